The van der Waals surface area contributed by atoms with Gasteiger partial charge in [-0.3, -0.25) is 14.2 Å². The van der Waals surface area contributed by atoms with Gasteiger partial charge in [-0.1, -0.05) is 23.7 Å². The molecular formula is C21H17BrClN5O3. The van der Waals surface area contributed by atoms with Gasteiger partial charge in [-0.2, -0.15) is 5.10 Å². The predicted octanol–water partition coefficient (Wildman–Crippen LogP) is 3.74. The van der Waals surface area contributed by atoms with E-state index in [4.69, 9.17) is 11.6 Å². The molecule has 0 aliphatic rings. The zero-order valence-corrected chi connectivity index (χ0v) is 19.2. The fraction of sp³-hybridized carbons (Fsp3) is 0.190. The molecule has 31 heavy (non-hydrogen) atoms. The molecule has 0 saturated carbocycles. The molecule has 0 saturated heterocycles. The number of nitrogens with zero attached hydrogens (tertiary/aromatic N) is 5. The third-order valence-corrected chi connectivity index (χ3v) is 5.55. The predicted molar refractivity (Wildman–Crippen MR) is 121 cm³/mol. The summed E-state index contributed by atoms with van der Waals surface area (Å²) in [5, 5.41) is 4.84. The van der Waals surface area contributed by atoms with Gasteiger partial charge in [-0.25, -0.2) is 19.0 Å². The van der Waals surface area contributed by atoms with E-state index in [-0.39, 0.29) is 27.4 Å². The quantitative estimate of drug-likeness (QED) is 0.426. The number of hydrogen-bond donors (Lipinski definition) is 0. The van der Waals surface area contributed by atoms with Crippen LogP contribution in [0.25, 0.3) is 16.7 Å². The van der Waals surface area contributed by atoms with Crippen LogP contribution < -0.4 is 11.2 Å². The van der Waals surface area contributed by atoms with Gasteiger partial charge in [-0.15, -0.1) is 0 Å². The summed E-state index contributed by atoms with van der Waals surface area (Å²) < 4.78 is 3.73. The van der Waals surface area contributed by atoms with Gasteiger partial charge in [-0.05, 0) is 60.5 Å². The minimum Gasteiger partial charge on any atom is -0.268 e. The molecule has 0 unspecified atom stereocenters. The summed E-state index contributed by atoms with van der Waals surface area (Å²) in [4.78, 5) is 44.3. The third kappa shape index (κ3) is 3.43. The molecule has 0 atom stereocenters. The fourth-order valence-electron chi connectivity index (χ4n) is 3.51. The first kappa shape index (κ1) is 21.2. The van der Waals surface area contributed by atoms with Crippen molar-refractivity contribution in [2.24, 2.45) is 0 Å². The normalized spacial score (nSPS) is 11.4. The Hall–Kier alpha value is -3.04. The number of rotatable bonds is 3. The lowest BCUT2D eigenvalue weighted by atomic mass is 10.1. The van der Waals surface area contributed by atoms with Crippen molar-refractivity contribution in [1.82, 2.24) is 23.9 Å². The molecule has 0 aliphatic carbocycles. The Bertz CT molecular complexity index is 1470. The van der Waals surface area contributed by atoms with Crippen LogP contribution in [-0.2, 0) is 0 Å². The number of hydrogen-bond acceptors (Lipinski definition) is 5. The Labute approximate surface area is 189 Å². The molecule has 8 nitrogen and oxygen atoms in total. The number of carbonyl (C=O) groups excluding carboxylic acids is 1. The molecule has 158 valence electrons. The van der Waals surface area contributed by atoms with Gasteiger partial charge in [0.05, 0.1) is 15.9 Å². The molecule has 4 rings (SSSR count). The first-order chi connectivity index (χ1) is 14.7. The van der Waals surface area contributed by atoms with E-state index >= 15 is 0 Å². The zero-order chi connectivity index (χ0) is 22.4. The second-order valence-electron chi connectivity index (χ2n) is 7.24. The lowest BCUT2D eigenvalue weighted by molar-refractivity contribution is 0.0949. The molecule has 0 amide bonds. The standard InChI is InChI=1S/C21H17BrClN5O3/c1-11(2)26-19(29)13-7-4-6-12(3)17(13)27(21(26)31)20(30)15-10-16(22)25-28(15)18-14(23)8-5-9-24-18/h4-11H,1-3H3. The molecule has 0 bridgehead atoms. The number of para-hydroxylation sites is 1. The van der Waals surface area contributed by atoms with Crippen molar-refractivity contribution in [2.75, 3.05) is 0 Å². The van der Waals surface area contributed by atoms with E-state index in [1.54, 1.807) is 51.1 Å². The maximum atomic E-state index is 13.7. The second-order valence-corrected chi connectivity index (χ2v) is 8.46. The molecule has 0 spiro atoms. The maximum Gasteiger partial charge on any atom is 0.338 e. The molecule has 3 aromatic heterocycles. The van der Waals surface area contributed by atoms with Gasteiger partial charge in [0.15, 0.2) is 5.82 Å². The van der Waals surface area contributed by atoms with E-state index < -0.39 is 23.2 Å². The highest BCUT2D eigenvalue weighted by molar-refractivity contribution is 9.10. The highest BCUT2D eigenvalue weighted by atomic mass is 79.9. The van der Waals surface area contributed by atoms with E-state index in [0.717, 1.165) is 9.13 Å². The monoisotopic (exact) mass is 501 g/mol. The summed E-state index contributed by atoms with van der Waals surface area (Å²) in [6.45, 7) is 5.18. The van der Waals surface area contributed by atoms with E-state index in [1.165, 1.54) is 16.9 Å². The van der Waals surface area contributed by atoms with E-state index in [2.05, 4.69) is 26.0 Å². The van der Waals surface area contributed by atoms with E-state index in [9.17, 15) is 14.4 Å². The molecule has 4 aromatic rings. The van der Waals surface area contributed by atoms with Gasteiger partial charge in [0.2, 0.25) is 0 Å². The summed E-state index contributed by atoms with van der Waals surface area (Å²) in [7, 11) is 0. The maximum absolute atomic E-state index is 13.7. The average molecular weight is 503 g/mol. The van der Waals surface area contributed by atoms with Crippen LogP contribution in [0.15, 0.2) is 56.8 Å². The topological polar surface area (TPSA) is 91.8 Å². The number of fused-ring (bicyclic) bond motifs is 1. The van der Waals surface area contributed by atoms with Crippen LogP contribution in [0.3, 0.4) is 0 Å². The van der Waals surface area contributed by atoms with Crippen LogP contribution in [0, 0.1) is 6.92 Å². The molecule has 3 heterocycles. The number of carbonyl (C=O) groups is 1. The Morgan fingerprint density at radius 2 is 1.90 bits per heavy atom. The zero-order valence-electron chi connectivity index (χ0n) is 16.8. The van der Waals surface area contributed by atoms with Crippen LogP contribution in [0.5, 0.6) is 0 Å². The second kappa shape index (κ2) is 7.90. The highest BCUT2D eigenvalue weighted by Crippen LogP contribution is 2.23. The summed E-state index contributed by atoms with van der Waals surface area (Å²) >= 11 is 9.55. The number of aromatic nitrogens is 5. The minimum atomic E-state index is -0.720. The van der Waals surface area contributed by atoms with Crippen molar-refractivity contribution in [2.45, 2.75) is 26.8 Å². The number of aryl methyl sites for hydroxylation is 1. The summed E-state index contributed by atoms with van der Waals surface area (Å²) in [5.74, 6) is -0.414. The van der Waals surface area contributed by atoms with E-state index in [1.807, 2.05) is 0 Å². The Kier molecular flexibility index (Phi) is 5.40. The Morgan fingerprint density at radius 3 is 2.58 bits per heavy atom. The SMILES string of the molecule is Cc1cccc2c(=O)n(C(C)C)c(=O)n(C(=O)c3cc(Br)nn3-c3ncccc3Cl)c12. The lowest BCUT2D eigenvalue weighted by Gasteiger charge is -2.17. The summed E-state index contributed by atoms with van der Waals surface area (Å²) in [6.07, 6.45) is 1.52. The molecule has 10 heteroatoms. The van der Waals surface area contributed by atoms with Gasteiger partial charge in [0.1, 0.15) is 10.3 Å². The Balaban J connectivity index is 2.09. The van der Waals surface area contributed by atoms with Crippen molar-refractivity contribution < 1.29 is 4.79 Å². The fourth-order valence-corrected chi connectivity index (χ4v) is 4.08. The van der Waals surface area contributed by atoms with Crippen LogP contribution in [0.2, 0.25) is 5.02 Å². The van der Waals surface area contributed by atoms with Crippen molar-refractivity contribution in [3.05, 3.63) is 84.3 Å². The summed E-state index contributed by atoms with van der Waals surface area (Å²) in [6, 6.07) is 9.39. The first-order valence-electron chi connectivity index (χ1n) is 9.40. The number of benzene rings is 1. The molecular weight excluding hydrogens is 486 g/mol. The third-order valence-electron chi connectivity index (χ3n) is 4.87. The van der Waals surface area contributed by atoms with Crippen LogP contribution in [0.4, 0.5) is 0 Å². The van der Waals surface area contributed by atoms with Crippen molar-refractivity contribution in [1.29, 1.82) is 0 Å². The average Bonchev–Trinajstić information content (AvgIpc) is 3.10. The number of pyridine rings is 1. The largest absolute Gasteiger partial charge is 0.338 e. The molecule has 0 fully saturated rings. The van der Waals surface area contributed by atoms with Crippen molar-refractivity contribution in [3.8, 4) is 5.82 Å². The van der Waals surface area contributed by atoms with Crippen molar-refractivity contribution in [3.63, 3.8) is 0 Å². The smallest absolute Gasteiger partial charge is 0.268 e. The molecule has 0 N–H and O–H groups in total. The van der Waals surface area contributed by atoms with Gasteiger partial charge in [0.25, 0.3) is 11.5 Å². The minimum absolute atomic E-state index is 0.0630. The highest BCUT2D eigenvalue weighted by Gasteiger charge is 2.26. The van der Waals surface area contributed by atoms with Crippen LogP contribution in [-0.4, -0.2) is 29.8 Å². The first-order valence-corrected chi connectivity index (χ1v) is 10.6. The van der Waals surface area contributed by atoms with Gasteiger partial charge < -0.3 is 0 Å². The van der Waals surface area contributed by atoms with Gasteiger partial charge >= 0.3 is 5.69 Å². The van der Waals surface area contributed by atoms with Crippen LogP contribution >= 0.6 is 27.5 Å². The molecule has 0 radical (unpaired) electrons. The van der Waals surface area contributed by atoms with Crippen molar-refractivity contribution >= 4 is 44.3 Å². The van der Waals surface area contributed by atoms with Gasteiger partial charge in [0, 0.05) is 18.3 Å². The summed E-state index contributed by atoms with van der Waals surface area (Å²) in [5.41, 5.74) is -0.214. The lowest BCUT2D eigenvalue weighted by Crippen LogP contribution is -2.44. The number of halogens is 2. The Morgan fingerprint density at radius 1 is 1.16 bits per heavy atom. The van der Waals surface area contributed by atoms with Crippen LogP contribution in [0.1, 0.15) is 35.9 Å². The molecule has 0 aliphatic heterocycles. The molecule has 1 aromatic carbocycles. The van der Waals surface area contributed by atoms with E-state index in [0.29, 0.717) is 10.2 Å².